The van der Waals surface area contributed by atoms with Crippen molar-refractivity contribution in [3.63, 3.8) is 0 Å². The van der Waals surface area contributed by atoms with Gasteiger partial charge in [0.25, 0.3) is 0 Å². The maximum atomic E-state index is 12.8. The van der Waals surface area contributed by atoms with Crippen molar-refractivity contribution in [1.29, 1.82) is 0 Å². The van der Waals surface area contributed by atoms with E-state index in [-0.39, 0.29) is 5.92 Å². The van der Waals surface area contributed by atoms with E-state index in [1.165, 1.54) is 5.56 Å². The fraction of sp³-hybridized carbons (Fsp3) is 0.650. The number of hydrogen-bond acceptors (Lipinski definition) is 3. The second-order valence-electron chi connectivity index (χ2n) is 7.48. The van der Waals surface area contributed by atoms with Crippen LogP contribution < -0.4 is 5.73 Å². The number of carbonyl (C=O) groups excluding carboxylic acids is 1. The summed E-state index contributed by atoms with van der Waals surface area (Å²) in [5.41, 5.74) is 7.23. The first-order valence-electron chi connectivity index (χ1n) is 9.42. The van der Waals surface area contributed by atoms with Gasteiger partial charge in [0.1, 0.15) is 0 Å². The average Bonchev–Trinajstić information content (AvgIpc) is 3.11. The summed E-state index contributed by atoms with van der Waals surface area (Å²) in [5, 5.41) is 0. The van der Waals surface area contributed by atoms with E-state index in [1.807, 2.05) is 11.9 Å². The summed E-state index contributed by atoms with van der Waals surface area (Å²) in [6.07, 6.45) is 5.46. The van der Waals surface area contributed by atoms with Gasteiger partial charge in [-0.1, -0.05) is 36.8 Å². The Morgan fingerprint density at radius 1 is 1.17 bits per heavy atom. The number of carbonyl (C=O) groups is 1. The first-order chi connectivity index (χ1) is 11.7. The van der Waals surface area contributed by atoms with E-state index in [9.17, 15) is 4.79 Å². The highest BCUT2D eigenvalue weighted by atomic mass is 16.2. The number of rotatable bonds is 5. The topological polar surface area (TPSA) is 49.6 Å². The smallest absolute Gasteiger partial charge is 0.226 e. The molecule has 1 aliphatic carbocycles. The lowest BCUT2D eigenvalue weighted by Gasteiger charge is -2.38. The second kappa shape index (κ2) is 8.13. The molecule has 2 fully saturated rings. The van der Waals surface area contributed by atoms with E-state index in [2.05, 4.69) is 35.2 Å². The fourth-order valence-corrected chi connectivity index (χ4v) is 4.39. The van der Waals surface area contributed by atoms with Gasteiger partial charge in [0, 0.05) is 38.6 Å². The van der Waals surface area contributed by atoms with Crippen molar-refractivity contribution >= 4 is 5.91 Å². The maximum absolute atomic E-state index is 12.8. The number of likely N-dealkylation sites (tertiary alicyclic amines) is 1. The number of amides is 1. The molecule has 4 nitrogen and oxygen atoms in total. The van der Waals surface area contributed by atoms with Gasteiger partial charge < -0.3 is 10.6 Å². The van der Waals surface area contributed by atoms with Crippen molar-refractivity contribution in [3.05, 3.63) is 35.9 Å². The molecule has 24 heavy (non-hydrogen) atoms. The molecule has 0 bridgehead atoms. The van der Waals surface area contributed by atoms with Crippen molar-refractivity contribution < 1.29 is 4.79 Å². The van der Waals surface area contributed by atoms with Gasteiger partial charge >= 0.3 is 0 Å². The zero-order valence-corrected chi connectivity index (χ0v) is 14.9. The molecule has 2 aliphatic rings. The number of benzene rings is 1. The predicted octanol–water partition coefficient (Wildman–Crippen LogP) is 2.48. The molecule has 4 heteroatoms. The summed E-state index contributed by atoms with van der Waals surface area (Å²) in [4.78, 5) is 17.4. The second-order valence-corrected chi connectivity index (χ2v) is 7.48. The summed E-state index contributed by atoms with van der Waals surface area (Å²) in [7, 11) is 2.01. The third-order valence-corrected chi connectivity index (χ3v) is 5.98. The van der Waals surface area contributed by atoms with Crippen molar-refractivity contribution in [2.24, 2.45) is 17.6 Å². The fourth-order valence-electron chi connectivity index (χ4n) is 4.39. The molecule has 1 aromatic rings. The minimum absolute atomic E-state index is 0.169. The van der Waals surface area contributed by atoms with E-state index in [0.717, 1.165) is 51.7 Å². The summed E-state index contributed by atoms with van der Waals surface area (Å²) >= 11 is 0. The van der Waals surface area contributed by atoms with Gasteiger partial charge in [-0.15, -0.1) is 0 Å². The van der Waals surface area contributed by atoms with Gasteiger partial charge in [-0.2, -0.15) is 0 Å². The van der Waals surface area contributed by atoms with Gasteiger partial charge in [-0.3, -0.25) is 9.69 Å². The molecule has 0 unspecified atom stereocenters. The maximum Gasteiger partial charge on any atom is 0.226 e. The molecule has 2 N–H and O–H groups in total. The summed E-state index contributed by atoms with van der Waals surface area (Å²) in [6.45, 7) is 3.81. The first kappa shape index (κ1) is 17.4. The Morgan fingerprint density at radius 3 is 2.54 bits per heavy atom. The number of nitrogens with zero attached hydrogens (tertiary/aromatic N) is 2. The van der Waals surface area contributed by atoms with Crippen LogP contribution in [0.5, 0.6) is 0 Å². The van der Waals surface area contributed by atoms with Gasteiger partial charge in [-0.05, 0) is 43.7 Å². The molecule has 1 aromatic carbocycles. The molecule has 0 radical (unpaired) electrons. The zero-order valence-electron chi connectivity index (χ0n) is 14.9. The number of hydrogen-bond donors (Lipinski definition) is 1. The van der Waals surface area contributed by atoms with Crippen LogP contribution in [0.1, 0.15) is 37.7 Å². The van der Waals surface area contributed by atoms with Crippen molar-refractivity contribution in [2.45, 2.75) is 44.7 Å². The monoisotopic (exact) mass is 329 g/mol. The molecular weight excluding hydrogens is 298 g/mol. The molecule has 0 aromatic heterocycles. The Hall–Kier alpha value is -1.39. The molecule has 1 aliphatic heterocycles. The highest BCUT2D eigenvalue weighted by molar-refractivity contribution is 5.79. The Labute approximate surface area is 146 Å². The Kier molecular flexibility index (Phi) is 5.90. The quantitative estimate of drug-likeness (QED) is 0.903. The zero-order chi connectivity index (χ0) is 16.9. The lowest BCUT2D eigenvalue weighted by molar-refractivity contribution is -0.138. The van der Waals surface area contributed by atoms with E-state index in [1.54, 1.807) is 0 Å². The molecule has 1 amide bonds. The molecule has 1 saturated carbocycles. The van der Waals surface area contributed by atoms with Crippen molar-refractivity contribution in [1.82, 2.24) is 9.80 Å². The molecule has 1 heterocycles. The van der Waals surface area contributed by atoms with Crippen LogP contribution in [-0.4, -0.2) is 48.4 Å². The van der Waals surface area contributed by atoms with Gasteiger partial charge in [0.2, 0.25) is 5.91 Å². The lowest BCUT2D eigenvalue weighted by Crippen LogP contribution is -2.48. The van der Waals surface area contributed by atoms with E-state index < -0.39 is 0 Å². The van der Waals surface area contributed by atoms with E-state index in [4.69, 9.17) is 5.73 Å². The third kappa shape index (κ3) is 3.98. The first-order valence-corrected chi connectivity index (χ1v) is 9.42. The van der Waals surface area contributed by atoms with Gasteiger partial charge in [0.15, 0.2) is 0 Å². The standard InChI is InChI=1S/C20H31N3O/c1-22(20(24)19-9-5-8-17(19)14-21)18-10-12-23(13-11-18)15-16-6-3-2-4-7-16/h2-4,6-7,17-19H,5,8-15,21H2,1H3/t17-,19-/m1/s1. The minimum atomic E-state index is 0.169. The van der Waals surface area contributed by atoms with Crippen molar-refractivity contribution in [2.75, 3.05) is 26.7 Å². The summed E-state index contributed by atoms with van der Waals surface area (Å²) in [6, 6.07) is 11.0. The SMILES string of the molecule is CN(C(=O)[C@@H]1CCC[C@@H]1CN)C1CCN(Cc2ccccc2)CC1. The molecule has 1 saturated heterocycles. The Balaban J connectivity index is 1.49. The van der Waals surface area contributed by atoms with Crippen molar-refractivity contribution in [3.8, 4) is 0 Å². The third-order valence-electron chi connectivity index (χ3n) is 5.98. The van der Waals surface area contributed by atoms with Crippen LogP contribution in [0.4, 0.5) is 0 Å². The summed E-state index contributed by atoms with van der Waals surface area (Å²) < 4.78 is 0. The molecular formula is C20H31N3O. The van der Waals surface area contributed by atoms with Crippen LogP contribution in [0.3, 0.4) is 0 Å². The average molecular weight is 329 g/mol. The molecule has 3 rings (SSSR count). The molecule has 132 valence electrons. The van der Waals surface area contributed by atoms with Crippen LogP contribution in [0.25, 0.3) is 0 Å². The molecule has 0 spiro atoms. The van der Waals surface area contributed by atoms with Crippen LogP contribution in [-0.2, 0) is 11.3 Å². The van der Waals surface area contributed by atoms with Crippen LogP contribution in [0.2, 0.25) is 0 Å². The molecule has 2 atom stereocenters. The van der Waals surface area contributed by atoms with Gasteiger partial charge in [0.05, 0.1) is 0 Å². The van der Waals surface area contributed by atoms with E-state index in [0.29, 0.717) is 24.4 Å². The van der Waals surface area contributed by atoms with Gasteiger partial charge in [-0.25, -0.2) is 0 Å². The predicted molar refractivity (Wildman–Crippen MR) is 97.4 cm³/mol. The lowest BCUT2D eigenvalue weighted by atomic mass is 9.93. The van der Waals surface area contributed by atoms with Crippen LogP contribution in [0.15, 0.2) is 30.3 Å². The number of piperidine rings is 1. The van der Waals surface area contributed by atoms with Crippen LogP contribution in [0, 0.1) is 11.8 Å². The Morgan fingerprint density at radius 2 is 1.88 bits per heavy atom. The minimum Gasteiger partial charge on any atom is -0.342 e. The Bertz CT molecular complexity index is 525. The largest absolute Gasteiger partial charge is 0.342 e. The summed E-state index contributed by atoms with van der Waals surface area (Å²) in [5.74, 6) is 0.907. The highest BCUT2D eigenvalue weighted by Gasteiger charge is 2.36. The highest BCUT2D eigenvalue weighted by Crippen LogP contribution is 2.33. The van der Waals surface area contributed by atoms with Crippen LogP contribution >= 0.6 is 0 Å². The van der Waals surface area contributed by atoms with E-state index >= 15 is 0 Å². The normalized spacial score (nSPS) is 25.8. The number of nitrogens with two attached hydrogens (primary N) is 1.